The summed E-state index contributed by atoms with van der Waals surface area (Å²) in [5.74, 6) is -0.0998. The van der Waals surface area contributed by atoms with E-state index in [1.165, 1.54) is 12.1 Å². The van der Waals surface area contributed by atoms with Gasteiger partial charge in [-0.25, -0.2) is 0 Å². The highest BCUT2D eigenvalue weighted by atomic mass is 16.6. The first-order valence-electron chi connectivity index (χ1n) is 4.97. The predicted molar refractivity (Wildman–Crippen MR) is 63.9 cm³/mol. The summed E-state index contributed by atoms with van der Waals surface area (Å²) in [6.07, 6.45) is 0. The van der Waals surface area contributed by atoms with E-state index in [1.807, 2.05) is 0 Å². The van der Waals surface area contributed by atoms with Crippen LogP contribution in [0.25, 0.3) is 11.4 Å². The summed E-state index contributed by atoms with van der Waals surface area (Å²) in [7, 11) is 0. The van der Waals surface area contributed by atoms with Crippen LogP contribution in [0.3, 0.4) is 0 Å². The minimum absolute atomic E-state index is 0.0491. The highest BCUT2D eigenvalue weighted by Gasteiger charge is 2.16. The predicted octanol–water partition coefficient (Wildman–Crippen LogP) is 0.631. The second-order valence-electron chi connectivity index (χ2n) is 3.59. The maximum absolute atomic E-state index is 11.3. The number of nitrogen functional groups attached to an aromatic ring is 1. The van der Waals surface area contributed by atoms with Gasteiger partial charge >= 0.3 is 0 Å². The quantitative estimate of drug-likeness (QED) is 0.591. The van der Waals surface area contributed by atoms with Gasteiger partial charge in [0.1, 0.15) is 0 Å². The molecule has 0 aliphatic carbocycles. The number of H-pyrrole nitrogens is 1. The van der Waals surface area contributed by atoms with E-state index >= 15 is 0 Å². The molecule has 0 radical (unpaired) electrons. The van der Waals surface area contributed by atoms with Crippen LogP contribution in [0.1, 0.15) is 5.56 Å². The molecule has 0 saturated heterocycles. The summed E-state index contributed by atoms with van der Waals surface area (Å²) in [6.45, 7) is 1.57. The first-order valence-corrected chi connectivity index (χ1v) is 4.97. The Morgan fingerprint density at radius 3 is 2.72 bits per heavy atom. The SMILES string of the molecule is Cc1c(-c2nnc(N)c(=O)[nH]2)cccc1[N+](=O)[O-]. The van der Waals surface area contributed by atoms with Gasteiger partial charge in [0.15, 0.2) is 5.82 Å². The van der Waals surface area contributed by atoms with Gasteiger partial charge in [-0.3, -0.25) is 14.9 Å². The van der Waals surface area contributed by atoms with Crippen LogP contribution in [-0.4, -0.2) is 20.1 Å². The van der Waals surface area contributed by atoms with Crippen LogP contribution in [0.2, 0.25) is 0 Å². The summed E-state index contributed by atoms with van der Waals surface area (Å²) < 4.78 is 0. The number of benzene rings is 1. The summed E-state index contributed by atoms with van der Waals surface area (Å²) in [4.78, 5) is 24.1. The summed E-state index contributed by atoms with van der Waals surface area (Å²) in [6, 6.07) is 4.50. The largest absolute Gasteiger partial charge is 0.378 e. The lowest BCUT2D eigenvalue weighted by Crippen LogP contribution is -2.16. The Balaban J connectivity index is 2.64. The molecule has 0 bridgehead atoms. The molecule has 2 aromatic rings. The number of nitrogens with zero attached hydrogens (tertiary/aromatic N) is 3. The molecule has 92 valence electrons. The lowest BCUT2D eigenvalue weighted by molar-refractivity contribution is -0.385. The van der Waals surface area contributed by atoms with Crippen LogP contribution >= 0.6 is 0 Å². The number of anilines is 1. The maximum Gasteiger partial charge on any atom is 0.293 e. The fraction of sp³-hybridized carbons (Fsp3) is 0.100. The van der Waals surface area contributed by atoms with E-state index in [-0.39, 0.29) is 17.3 Å². The van der Waals surface area contributed by atoms with E-state index in [9.17, 15) is 14.9 Å². The molecule has 1 aromatic heterocycles. The fourth-order valence-electron chi connectivity index (χ4n) is 1.54. The molecule has 0 saturated carbocycles. The third-order valence-corrected chi connectivity index (χ3v) is 2.48. The number of nitro benzene ring substituents is 1. The number of nitrogens with two attached hydrogens (primary N) is 1. The van der Waals surface area contributed by atoms with Gasteiger partial charge in [-0.2, -0.15) is 0 Å². The molecule has 8 nitrogen and oxygen atoms in total. The van der Waals surface area contributed by atoms with Gasteiger partial charge in [0.25, 0.3) is 11.2 Å². The van der Waals surface area contributed by atoms with Crippen molar-refractivity contribution in [2.75, 3.05) is 5.73 Å². The number of nitrogens with one attached hydrogen (secondary N) is 1. The van der Waals surface area contributed by atoms with E-state index < -0.39 is 10.5 Å². The molecular formula is C10H9N5O3. The van der Waals surface area contributed by atoms with E-state index in [4.69, 9.17) is 5.73 Å². The van der Waals surface area contributed by atoms with Crippen molar-refractivity contribution in [1.82, 2.24) is 15.2 Å². The van der Waals surface area contributed by atoms with Crippen molar-refractivity contribution in [1.29, 1.82) is 0 Å². The molecule has 0 spiro atoms. The van der Waals surface area contributed by atoms with Crippen molar-refractivity contribution < 1.29 is 4.92 Å². The highest BCUT2D eigenvalue weighted by Crippen LogP contribution is 2.26. The molecular weight excluding hydrogens is 238 g/mol. The topological polar surface area (TPSA) is 128 Å². The fourth-order valence-corrected chi connectivity index (χ4v) is 1.54. The van der Waals surface area contributed by atoms with Gasteiger partial charge in [-0.05, 0) is 6.92 Å². The number of rotatable bonds is 2. The average Bonchev–Trinajstić information content (AvgIpc) is 2.33. The molecule has 0 amide bonds. The van der Waals surface area contributed by atoms with Gasteiger partial charge in [0, 0.05) is 17.2 Å². The van der Waals surface area contributed by atoms with Crippen molar-refractivity contribution in [3.05, 3.63) is 44.2 Å². The monoisotopic (exact) mass is 247 g/mol. The standard InChI is InChI=1S/C10H9N5O3/c1-5-6(3-2-4-7(5)15(17)18)9-12-10(16)8(11)13-14-9/h2-4H,1H3,(H2,11,13)(H,12,14,16). The molecule has 0 fully saturated rings. The number of aromatic amines is 1. The second kappa shape index (κ2) is 4.24. The Labute approximate surface area is 101 Å². The van der Waals surface area contributed by atoms with Crippen molar-refractivity contribution in [2.45, 2.75) is 6.92 Å². The Morgan fingerprint density at radius 2 is 2.11 bits per heavy atom. The third-order valence-electron chi connectivity index (χ3n) is 2.48. The van der Waals surface area contributed by atoms with Crippen molar-refractivity contribution in [3.63, 3.8) is 0 Å². The van der Waals surface area contributed by atoms with Crippen LogP contribution in [0.4, 0.5) is 11.5 Å². The minimum Gasteiger partial charge on any atom is -0.378 e. The van der Waals surface area contributed by atoms with E-state index in [2.05, 4.69) is 15.2 Å². The first kappa shape index (κ1) is 11.7. The molecule has 0 aliphatic rings. The number of hydrogen-bond acceptors (Lipinski definition) is 6. The van der Waals surface area contributed by atoms with Gasteiger partial charge < -0.3 is 10.7 Å². The third kappa shape index (κ3) is 1.90. The Kier molecular flexibility index (Phi) is 2.76. The van der Waals surface area contributed by atoms with Crippen LogP contribution in [0.15, 0.2) is 23.0 Å². The summed E-state index contributed by atoms with van der Waals surface area (Å²) in [5, 5.41) is 18.0. The average molecular weight is 247 g/mol. The molecule has 0 atom stereocenters. The molecule has 8 heteroatoms. The Morgan fingerprint density at radius 1 is 1.39 bits per heavy atom. The number of hydrogen-bond donors (Lipinski definition) is 2. The Bertz CT molecular complexity index is 679. The molecule has 1 heterocycles. The van der Waals surface area contributed by atoms with Gasteiger partial charge in [0.05, 0.1) is 4.92 Å². The van der Waals surface area contributed by atoms with Crippen molar-refractivity contribution in [2.24, 2.45) is 0 Å². The Hall–Kier alpha value is -2.77. The lowest BCUT2D eigenvalue weighted by Gasteiger charge is -2.04. The lowest BCUT2D eigenvalue weighted by atomic mass is 10.1. The van der Waals surface area contributed by atoms with Gasteiger partial charge in [-0.15, -0.1) is 10.2 Å². The summed E-state index contributed by atoms with van der Waals surface area (Å²) >= 11 is 0. The second-order valence-corrected chi connectivity index (χ2v) is 3.59. The van der Waals surface area contributed by atoms with E-state index in [1.54, 1.807) is 13.0 Å². The minimum atomic E-state index is -0.578. The highest BCUT2D eigenvalue weighted by molar-refractivity contribution is 5.65. The zero-order chi connectivity index (χ0) is 13.3. The normalized spacial score (nSPS) is 10.3. The number of nitro groups is 1. The molecule has 0 unspecified atom stereocenters. The molecule has 2 rings (SSSR count). The van der Waals surface area contributed by atoms with Crippen LogP contribution in [0.5, 0.6) is 0 Å². The van der Waals surface area contributed by atoms with Crippen LogP contribution < -0.4 is 11.3 Å². The summed E-state index contributed by atoms with van der Waals surface area (Å²) in [5.41, 5.74) is 5.47. The molecule has 3 N–H and O–H groups in total. The van der Waals surface area contributed by atoms with Crippen molar-refractivity contribution in [3.8, 4) is 11.4 Å². The zero-order valence-corrected chi connectivity index (χ0v) is 9.38. The van der Waals surface area contributed by atoms with Crippen molar-refractivity contribution >= 4 is 11.5 Å². The smallest absolute Gasteiger partial charge is 0.293 e. The van der Waals surface area contributed by atoms with Gasteiger partial charge in [-0.1, -0.05) is 12.1 Å². The number of aromatic nitrogens is 3. The zero-order valence-electron chi connectivity index (χ0n) is 9.38. The first-order chi connectivity index (χ1) is 8.50. The van der Waals surface area contributed by atoms with Gasteiger partial charge in [0.2, 0.25) is 5.82 Å². The van der Waals surface area contributed by atoms with Crippen LogP contribution in [0, 0.1) is 17.0 Å². The molecule has 1 aromatic carbocycles. The van der Waals surface area contributed by atoms with E-state index in [0.29, 0.717) is 11.1 Å². The molecule has 0 aliphatic heterocycles. The molecule has 18 heavy (non-hydrogen) atoms. The van der Waals surface area contributed by atoms with E-state index in [0.717, 1.165) is 0 Å². The maximum atomic E-state index is 11.3. The van der Waals surface area contributed by atoms with Crippen LogP contribution in [-0.2, 0) is 0 Å².